The molecule has 0 bridgehead atoms. The fraction of sp³-hybridized carbons (Fsp3) is 0.286. The van der Waals surface area contributed by atoms with Crippen LogP contribution in [0.25, 0.3) is 0 Å². The second-order valence-corrected chi connectivity index (χ2v) is 9.63. The number of nitrogens with two attached hydrogens (primary N) is 1. The van der Waals surface area contributed by atoms with E-state index in [9.17, 15) is 8.42 Å². The minimum atomic E-state index is -3.44. The lowest BCUT2D eigenvalue weighted by atomic mass is 9.99. The second-order valence-electron chi connectivity index (χ2n) is 5.10. The van der Waals surface area contributed by atoms with Crippen LogP contribution >= 0.6 is 27.3 Å². The average Bonchev–Trinajstić information content (AvgIpc) is 2.79. The van der Waals surface area contributed by atoms with Crippen molar-refractivity contribution in [2.75, 3.05) is 12.3 Å². The molecule has 1 aromatic heterocycles. The fourth-order valence-corrected chi connectivity index (χ4v) is 6.30. The lowest BCUT2D eigenvalue weighted by Crippen LogP contribution is -2.35. The van der Waals surface area contributed by atoms with Crippen LogP contribution in [0.5, 0.6) is 0 Å². The van der Waals surface area contributed by atoms with Crippen LogP contribution in [0, 0.1) is 6.92 Å². The summed E-state index contributed by atoms with van der Waals surface area (Å²) < 4.78 is 28.2. The SMILES string of the molecule is Cc1cc(S(=O)(=O)N2CCc3c(N)cccc3C2)sc1Br. The summed E-state index contributed by atoms with van der Waals surface area (Å²) in [6, 6.07) is 7.40. The summed E-state index contributed by atoms with van der Waals surface area (Å²) in [5.41, 5.74) is 9.73. The summed E-state index contributed by atoms with van der Waals surface area (Å²) in [7, 11) is -3.44. The van der Waals surface area contributed by atoms with Crippen LogP contribution in [-0.2, 0) is 23.0 Å². The molecule has 0 saturated carbocycles. The fourth-order valence-electron chi connectivity index (χ4n) is 2.50. The third kappa shape index (κ3) is 2.63. The van der Waals surface area contributed by atoms with Crippen molar-refractivity contribution in [3.8, 4) is 0 Å². The molecule has 0 saturated heterocycles. The van der Waals surface area contributed by atoms with E-state index in [1.54, 1.807) is 6.07 Å². The van der Waals surface area contributed by atoms with E-state index in [1.165, 1.54) is 15.6 Å². The third-order valence-electron chi connectivity index (χ3n) is 3.70. The number of benzene rings is 1. The van der Waals surface area contributed by atoms with Gasteiger partial charge in [-0.2, -0.15) is 4.31 Å². The van der Waals surface area contributed by atoms with Crippen LogP contribution < -0.4 is 5.73 Å². The normalized spacial score (nSPS) is 15.9. The van der Waals surface area contributed by atoms with Crippen molar-refractivity contribution >= 4 is 43.0 Å². The number of anilines is 1. The van der Waals surface area contributed by atoms with Gasteiger partial charge in [0, 0.05) is 18.8 Å². The number of hydrogen-bond acceptors (Lipinski definition) is 4. The molecule has 0 atom stereocenters. The minimum absolute atomic E-state index is 0.386. The van der Waals surface area contributed by atoms with Gasteiger partial charge in [0.05, 0.1) is 3.79 Å². The van der Waals surface area contributed by atoms with Crippen molar-refractivity contribution in [1.29, 1.82) is 0 Å². The third-order valence-corrected chi connectivity index (χ3v) is 8.13. The molecule has 7 heteroatoms. The number of aryl methyl sites for hydroxylation is 1. The molecule has 0 fully saturated rings. The Balaban J connectivity index is 1.95. The molecule has 0 spiro atoms. The van der Waals surface area contributed by atoms with E-state index < -0.39 is 10.0 Å². The van der Waals surface area contributed by atoms with E-state index in [-0.39, 0.29) is 0 Å². The van der Waals surface area contributed by atoms with E-state index >= 15 is 0 Å². The molecule has 21 heavy (non-hydrogen) atoms. The highest BCUT2D eigenvalue weighted by atomic mass is 79.9. The predicted octanol–water partition coefficient (Wildman–Crippen LogP) is 3.15. The molecular weight excluding hydrogens is 372 g/mol. The Labute approximate surface area is 136 Å². The number of nitrogen functional groups attached to an aromatic ring is 1. The van der Waals surface area contributed by atoms with Crippen LogP contribution in [0.15, 0.2) is 32.3 Å². The van der Waals surface area contributed by atoms with Crippen LogP contribution in [0.2, 0.25) is 0 Å². The molecule has 3 rings (SSSR count). The van der Waals surface area contributed by atoms with E-state index in [4.69, 9.17) is 5.73 Å². The first-order valence-corrected chi connectivity index (χ1v) is 9.57. The highest BCUT2D eigenvalue weighted by molar-refractivity contribution is 9.11. The summed E-state index contributed by atoms with van der Waals surface area (Å²) in [6.07, 6.45) is 0.659. The minimum Gasteiger partial charge on any atom is -0.398 e. The second kappa shape index (κ2) is 5.39. The summed E-state index contributed by atoms with van der Waals surface area (Å²) >= 11 is 4.65. The number of rotatable bonds is 2. The van der Waals surface area contributed by atoms with Gasteiger partial charge in [-0.3, -0.25) is 0 Å². The molecule has 1 aliphatic rings. The predicted molar refractivity (Wildman–Crippen MR) is 88.9 cm³/mol. The highest BCUT2D eigenvalue weighted by Gasteiger charge is 2.30. The van der Waals surface area contributed by atoms with Gasteiger partial charge >= 0.3 is 0 Å². The Morgan fingerprint density at radius 2 is 2.14 bits per heavy atom. The maximum absolute atomic E-state index is 12.7. The van der Waals surface area contributed by atoms with E-state index in [0.29, 0.717) is 23.7 Å². The molecular formula is C14H15BrN2O2S2. The number of halogens is 1. The molecule has 1 aliphatic heterocycles. The standard InChI is InChI=1S/C14H15BrN2O2S2/c1-9-7-13(20-14(9)15)21(18,19)17-6-5-11-10(8-17)3-2-4-12(11)16/h2-4,7H,5-6,8,16H2,1H3. The van der Waals surface area contributed by atoms with Crippen molar-refractivity contribution in [2.45, 2.75) is 24.1 Å². The van der Waals surface area contributed by atoms with Crippen molar-refractivity contribution < 1.29 is 8.42 Å². The zero-order chi connectivity index (χ0) is 15.2. The Morgan fingerprint density at radius 1 is 1.38 bits per heavy atom. The molecule has 1 aromatic carbocycles. The lowest BCUT2D eigenvalue weighted by molar-refractivity contribution is 0.393. The van der Waals surface area contributed by atoms with Gasteiger partial charge in [-0.25, -0.2) is 8.42 Å². The number of thiophene rings is 1. The van der Waals surface area contributed by atoms with Crippen LogP contribution in [0.1, 0.15) is 16.7 Å². The molecule has 0 radical (unpaired) electrons. The number of sulfonamides is 1. The number of fused-ring (bicyclic) bond motifs is 1. The Hall–Kier alpha value is -0.890. The average molecular weight is 387 g/mol. The molecule has 112 valence electrons. The Morgan fingerprint density at radius 3 is 2.81 bits per heavy atom. The van der Waals surface area contributed by atoms with Gasteiger partial charge in [-0.05, 0) is 58.1 Å². The van der Waals surface area contributed by atoms with Crippen molar-refractivity contribution in [3.63, 3.8) is 0 Å². The van der Waals surface area contributed by atoms with Gasteiger partial charge in [0.25, 0.3) is 10.0 Å². The summed E-state index contributed by atoms with van der Waals surface area (Å²) in [5, 5.41) is 0. The zero-order valence-corrected chi connectivity index (χ0v) is 14.7. The molecule has 4 nitrogen and oxygen atoms in total. The van der Waals surface area contributed by atoms with Gasteiger partial charge in [0.1, 0.15) is 4.21 Å². The maximum atomic E-state index is 12.7. The number of nitrogens with zero attached hydrogens (tertiary/aromatic N) is 1. The monoisotopic (exact) mass is 386 g/mol. The van der Waals surface area contributed by atoms with Crippen LogP contribution in [0.4, 0.5) is 5.69 Å². The first-order chi connectivity index (χ1) is 9.89. The smallest absolute Gasteiger partial charge is 0.252 e. The van der Waals surface area contributed by atoms with E-state index in [1.807, 2.05) is 25.1 Å². The maximum Gasteiger partial charge on any atom is 0.252 e. The van der Waals surface area contributed by atoms with Gasteiger partial charge in [-0.1, -0.05) is 12.1 Å². The van der Waals surface area contributed by atoms with E-state index in [0.717, 1.165) is 26.2 Å². The van der Waals surface area contributed by atoms with Gasteiger partial charge in [0.2, 0.25) is 0 Å². The molecule has 2 aromatic rings. The van der Waals surface area contributed by atoms with Crippen LogP contribution in [-0.4, -0.2) is 19.3 Å². The highest BCUT2D eigenvalue weighted by Crippen LogP contribution is 2.34. The van der Waals surface area contributed by atoms with E-state index in [2.05, 4.69) is 15.9 Å². The molecule has 0 amide bonds. The Bertz CT molecular complexity index is 780. The first kappa shape index (κ1) is 15.0. The topological polar surface area (TPSA) is 63.4 Å². The van der Waals surface area contributed by atoms with Crippen molar-refractivity contribution in [3.05, 3.63) is 44.7 Å². The first-order valence-electron chi connectivity index (χ1n) is 6.52. The summed E-state index contributed by atoms with van der Waals surface area (Å²) in [6.45, 7) is 2.75. The quantitative estimate of drug-likeness (QED) is 0.806. The zero-order valence-electron chi connectivity index (χ0n) is 11.5. The summed E-state index contributed by atoms with van der Waals surface area (Å²) in [4.78, 5) is 0. The lowest BCUT2D eigenvalue weighted by Gasteiger charge is -2.28. The molecule has 0 unspecified atom stereocenters. The Kier molecular flexibility index (Phi) is 3.85. The van der Waals surface area contributed by atoms with Gasteiger partial charge < -0.3 is 5.73 Å². The molecule has 2 N–H and O–H groups in total. The van der Waals surface area contributed by atoms with Crippen molar-refractivity contribution in [2.24, 2.45) is 0 Å². The van der Waals surface area contributed by atoms with Crippen molar-refractivity contribution in [1.82, 2.24) is 4.31 Å². The molecule has 2 heterocycles. The van der Waals surface area contributed by atoms with Crippen LogP contribution in [0.3, 0.4) is 0 Å². The summed E-state index contributed by atoms with van der Waals surface area (Å²) in [5.74, 6) is 0. The largest absolute Gasteiger partial charge is 0.398 e. The molecule has 0 aliphatic carbocycles. The number of hydrogen-bond donors (Lipinski definition) is 1. The van der Waals surface area contributed by atoms with Gasteiger partial charge in [0.15, 0.2) is 0 Å². The van der Waals surface area contributed by atoms with Gasteiger partial charge in [-0.15, -0.1) is 11.3 Å².